The van der Waals surface area contributed by atoms with E-state index in [4.69, 9.17) is 11.6 Å². The van der Waals surface area contributed by atoms with Crippen LogP contribution < -0.4 is 5.32 Å². The first-order valence-corrected chi connectivity index (χ1v) is 7.55. The van der Waals surface area contributed by atoms with Crippen molar-refractivity contribution in [1.82, 2.24) is 5.32 Å². The van der Waals surface area contributed by atoms with Gasteiger partial charge in [-0.15, -0.1) is 11.3 Å². The normalized spacial score (nSPS) is 19.1. The quantitative estimate of drug-likeness (QED) is 0.811. The zero-order valence-electron chi connectivity index (χ0n) is 9.84. The number of thiophene rings is 1. The molecular weight excluding hydrogens is 238 g/mol. The molecule has 0 amide bonds. The van der Waals surface area contributed by atoms with Crippen LogP contribution in [-0.2, 0) is 0 Å². The van der Waals surface area contributed by atoms with Gasteiger partial charge >= 0.3 is 0 Å². The second kappa shape index (κ2) is 6.04. The molecule has 1 aliphatic rings. The number of nitrogens with one attached hydrogen (secondary N) is 1. The van der Waals surface area contributed by atoms with E-state index in [0.29, 0.717) is 6.04 Å². The summed E-state index contributed by atoms with van der Waals surface area (Å²) in [7, 11) is 0. The summed E-state index contributed by atoms with van der Waals surface area (Å²) >= 11 is 8.06. The van der Waals surface area contributed by atoms with E-state index >= 15 is 0 Å². The summed E-state index contributed by atoms with van der Waals surface area (Å²) in [4.78, 5) is 1.35. The molecule has 1 aromatic heterocycles. The standard InChI is InChI=1S/C13H20ClNS/c1-2-8-15-12(10-5-3-4-6-10)13-11(14)7-9-16-13/h7,9-10,12,15H,2-6,8H2,1H3. The van der Waals surface area contributed by atoms with Crippen molar-refractivity contribution in [2.24, 2.45) is 5.92 Å². The van der Waals surface area contributed by atoms with Gasteiger partial charge in [0.15, 0.2) is 0 Å². The van der Waals surface area contributed by atoms with Crippen LogP contribution >= 0.6 is 22.9 Å². The third kappa shape index (κ3) is 2.79. The second-order valence-corrected chi connectivity index (χ2v) is 5.96. The van der Waals surface area contributed by atoms with Crippen molar-refractivity contribution in [2.75, 3.05) is 6.54 Å². The number of hydrogen-bond acceptors (Lipinski definition) is 2. The molecule has 1 heterocycles. The molecule has 1 aliphatic carbocycles. The summed E-state index contributed by atoms with van der Waals surface area (Å²) in [5.41, 5.74) is 0. The van der Waals surface area contributed by atoms with Crippen LogP contribution in [0.25, 0.3) is 0 Å². The van der Waals surface area contributed by atoms with Crippen LogP contribution in [0, 0.1) is 5.92 Å². The lowest BCUT2D eigenvalue weighted by atomic mass is 9.96. The molecule has 0 aromatic carbocycles. The van der Waals surface area contributed by atoms with Gasteiger partial charge in [-0.1, -0.05) is 31.4 Å². The van der Waals surface area contributed by atoms with Crippen LogP contribution in [0.3, 0.4) is 0 Å². The third-order valence-electron chi connectivity index (χ3n) is 3.41. The average molecular weight is 258 g/mol. The molecule has 1 nitrogen and oxygen atoms in total. The Hall–Kier alpha value is -0.0500. The predicted octanol–water partition coefficient (Wildman–Crippen LogP) is 4.63. The van der Waals surface area contributed by atoms with Gasteiger partial charge in [0.25, 0.3) is 0 Å². The Morgan fingerprint density at radius 2 is 2.25 bits per heavy atom. The Balaban J connectivity index is 2.10. The van der Waals surface area contributed by atoms with Gasteiger partial charge in [0.2, 0.25) is 0 Å². The highest BCUT2D eigenvalue weighted by atomic mass is 35.5. The molecule has 16 heavy (non-hydrogen) atoms. The molecule has 2 rings (SSSR count). The molecule has 1 unspecified atom stereocenters. The van der Waals surface area contributed by atoms with Crippen molar-refractivity contribution < 1.29 is 0 Å². The lowest BCUT2D eigenvalue weighted by Gasteiger charge is -2.24. The fraction of sp³-hybridized carbons (Fsp3) is 0.692. The number of hydrogen-bond donors (Lipinski definition) is 1. The Kier molecular flexibility index (Phi) is 4.68. The van der Waals surface area contributed by atoms with Crippen LogP contribution in [0.1, 0.15) is 49.9 Å². The zero-order valence-corrected chi connectivity index (χ0v) is 11.4. The zero-order chi connectivity index (χ0) is 11.4. The van der Waals surface area contributed by atoms with Gasteiger partial charge in [-0.25, -0.2) is 0 Å². The Morgan fingerprint density at radius 1 is 1.50 bits per heavy atom. The smallest absolute Gasteiger partial charge is 0.0561 e. The van der Waals surface area contributed by atoms with Crippen LogP contribution in [0.15, 0.2) is 11.4 Å². The van der Waals surface area contributed by atoms with Crippen LogP contribution in [0.4, 0.5) is 0 Å². The summed E-state index contributed by atoms with van der Waals surface area (Å²) in [6, 6.07) is 2.52. The summed E-state index contributed by atoms with van der Waals surface area (Å²) in [5, 5.41) is 6.73. The Labute approximate surface area is 107 Å². The third-order valence-corrected chi connectivity index (χ3v) is 4.85. The molecule has 1 saturated carbocycles. The van der Waals surface area contributed by atoms with E-state index in [1.165, 1.54) is 37.0 Å². The van der Waals surface area contributed by atoms with Crippen molar-refractivity contribution >= 4 is 22.9 Å². The fourth-order valence-electron chi connectivity index (χ4n) is 2.59. The van der Waals surface area contributed by atoms with E-state index < -0.39 is 0 Å². The molecule has 0 bridgehead atoms. The van der Waals surface area contributed by atoms with Gasteiger partial charge in [-0.2, -0.15) is 0 Å². The van der Waals surface area contributed by atoms with Gasteiger partial charge in [-0.3, -0.25) is 0 Å². The summed E-state index contributed by atoms with van der Waals surface area (Å²) in [5.74, 6) is 0.794. The lowest BCUT2D eigenvalue weighted by molar-refractivity contribution is 0.373. The van der Waals surface area contributed by atoms with E-state index in [2.05, 4.69) is 17.6 Å². The maximum absolute atomic E-state index is 6.26. The minimum absolute atomic E-state index is 0.495. The van der Waals surface area contributed by atoms with Crippen molar-refractivity contribution in [3.05, 3.63) is 21.3 Å². The van der Waals surface area contributed by atoms with Gasteiger partial charge in [-0.05, 0) is 43.2 Å². The molecule has 90 valence electrons. The van der Waals surface area contributed by atoms with Crippen molar-refractivity contribution in [3.8, 4) is 0 Å². The summed E-state index contributed by atoms with van der Waals surface area (Å²) in [6.45, 7) is 3.31. The largest absolute Gasteiger partial charge is 0.309 e. The molecule has 0 spiro atoms. The van der Waals surface area contributed by atoms with Gasteiger partial charge < -0.3 is 5.32 Å². The van der Waals surface area contributed by atoms with Crippen LogP contribution in [0.5, 0.6) is 0 Å². The molecule has 0 radical (unpaired) electrons. The van der Waals surface area contributed by atoms with Gasteiger partial charge in [0.1, 0.15) is 0 Å². The van der Waals surface area contributed by atoms with E-state index in [9.17, 15) is 0 Å². The minimum Gasteiger partial charge on any atom is -0.309 e. The molecule has 1 fully saturated rings. The van der Waals surface area contributed by atoms with Gasteiger partial charge in [0, 0.05) is 10.9 Å². The fourth-order valence-corrected chi connectivity index (χ4v) is 3.93. The average Bonchev–Trinajstić information content (AvgIpc) is 2.91. The van der Waals surface area contributed by atoms with Crippen molar-refractivity contribution in [2.45, 2.75) is 45.1 Å². The summed E-state index contributed by atoms with van der Waals surface area (Å²) < 4.78 is 0. The maximum Gasteiger partial charge on any atom is 0.0561 e. The van der Waals surface area contributed by atoms with E-state index in [1.54, 1.807) is 11.3 Å². The Bertz CT molecular complexity index is 317. The lowest BCUT2D eigenvalue weighted by Crippen LogP contribution is -2.27. The van der Waals surface area contributed by atoms with Gasteiger partial charge in [0.05, 0.1) is 5.02 Å². The molecule has 1 aromatic rings. The van der Waals surface area contributed by atoms with Crippen molar-refractivity contribution in [1.29, 1.82) is 0 Å². The van der Waals surface area contributed by atoms with E-state index in [0.717, 1.165) is 17.5 Å². The first kappa shape index (κ1) is 12.4. The highest BCUT2D eigenvalue weighted by molar-refractivity contribution is 7.10. The van der Waals surface area contributed by atoms with E-state index in [-0.39, 0.29) is 0 Å². The topological polar surface area (TPSA) is 12.0 Å². The highest BCUT2D eigenvalue weighted by Crippen LogP contribution is 2.40. The molecule has 0 aliphatic heterocycles. The molecule has 1 atom stereocenters. The summed E-state index contributed by atoms with van der Waals surface area (Å²) in [6.07, 6.45) is 6.67. The molecule has 0 saturated heterocycles. The minimum atomic E-state index is 0.495. The molecule has 3 heteroatoms. The number of rotatable bonds is 5. The predicted molar refractivity (Wildman–Crippen MR) is 72.3 cm³/mol. The number of halogens is 1. The first-order valence-electron chi connectivity index (χ1n) is 6.29. The van der Waals surface area contributed by atoms with Crippen LogP contribution in [-0.4, -0.2) is 6.54 Å². The van der Waals surface area contributed by atoms with E-state index in [1.807, 2.05) is 6.07 Å². The molecule has 1 N–H and O–H groups in total. The second-order valence-electron chi connectivity index (χ2n) is 4.61. The first-order chi connectivity index (χ1) is 7.83. The van der Waals surface area contributed by atoms with Crippen molar-refractivity contribution in [3.63, 3.8) is 0 Å². The molecular formula is C13H20ClNS. The Morgan fingerprint density at radius 3 is 2.81 bits per heavy atom. The SMILES string of the molecule is CCCNC(c1sccc1Cl)C1CCCC1. The highest BCUT2D eigenvalue weighted by Gasteiger charge is 2.27. The maximum atomic E-state index is 6.26. The monoisotopic (exact) mass is 257 g/mol. The van der Waals surface area contributed by atoms with Crippen LogP contribution in [0.2, 0.25) is 5.02 Å².